The zero-order valence-corrected chi connectivity index (χ0v) is 9.60. The Morgan fingerprint density at radius 2 is 1.94 bits per heavy atom. The number of nitrogens with zero attached hydrogens (tertiary/aromatic N) is 4. The smallest absolute Gasteiger partial charge is 0.151 e. The van der Waals surface area contributed by atoms with Crippen molar-refractivity contribution in [1.82, 2.24) is 25.5 Å². The molecule has 5 heteroatoms. The lowest BCUT2D eigenvalue weighted by Crippen LogP contribution is -2.29. The van der Waals surface area contributed by atoms with E-state index in [4.69, 9.17) is 0 Å². The van der Waals surface area contributed by atoms with Crippen molar-refractivity contribution in [2.45, 2.75) is 38.6 Å². The molecule has 1 saturated carbocycles. The summed E-state index contributed by atoms with van der Waals surface area (Å²) in [4.78, 5) is 0. The van der Waals surface area contributed by atoms with Crippen molar-refractivity contribution in [2.24, 2.45) is 11.8 Å². The van der Waals surface area contributed by atoms with E-state index in [1.165, 1.54) is 25.7 Å². The van der Waals surface area contributed by atoms with Crippen LogP contribution in [-0.2, 0) is 13.0 Å². The summed E-state index contributed by atoms with van der Waals surface area (Å²) in [6.45, 7) is 3.33. The third kappa shape index (κ3) is 2.40. The number of aromatic nitrogens is 4. The van der Waals surface area contributed by atoms with Crippen LogP contribution in [0.4, 0.5) is 0 Å². The van der Waals surface area contributed by atoms with Crippen LogP contribution < -0.4 is 5.32 Å². The van der Waals surface area contributed by atoms with Crippen LogP contribution in [0, 0.1) is 11.8 Å². The SMILES string of the molecule is C1CC(Cc2nnnn2CC2CC2)CCN1. The van der Waals surface area contributed by atoms with Crippen LogP contribution in [0.2, 0.25) is 0 Å². The quantitative estimate of drug-likeness (QED) is 0.810. The number of hydrogen-bond donors (Lipinski definition) is 1. The Morgan fingerprint density at radius 1 is 1.12 bits per heavy atom. The lowest BCUT2D eigenvalue weighted by molar-refractivity contribution is 0.359. The Bertz CT molecular complexity index is 338. The second-order valence-electron chi connectivity index (χ2n) is 5.12. The van der Waals surface area contributed by atoms with Gasteiger partial charge in [0.05, 0.1) is 0 Å². The Balaban J connectivity index is 1.61. The molecule has 1 aromatic heterocycles. The average molecular weight is 221 g/mol. The van der Waals surface area contributed by atoms with Gasteiger partial charge in [-0.15, -0.1) is 5.10 Å². The standard InChI is InChI=1S/C11H19N5/c1-2-10(1)8-16-11(13-14-15-16)7-9-3-5-12-6-4-9/h9-10,12H,1-8H2. The number of hydrogen-bond acceptors (Lipinski definition) is 4. The molecule has 0 bridgehead atoms. The van der Waals surface area contributed by atoms with E-state index in [-0.39, 0.29) is 0 Å². The highest BCUT2D eigenvalue weighted by Gasteiger charge is 2.24. The molecule has 0 aromatic carbocycles. The summed E-state index contributed by atoms with van der Waals surface area (Å²) < 4.78 is 2.03. The molecule has 88 valence electrons. The van der Waals surface area contributed by atoms with E-state index in [1.54, 1.807) is 0 Å². The fraction of sp³-hybridized carbons (Fsp3) is 0.909. The molecule has 2 aliphatic rings. The average Bonchev–Trinajstić information content (AvgIpc) is 3.02. The predicted octanol–water partition coefficient (Wildman–Crippen LogP) is 0.625. The number of nitrogens with one attached hydrogen (secondary N) is 1. The second kappa shape index (κ2) is 4.49. The first-order valence-corrected chi connectivity index (χ1v) is 6.37. The Morgan fingerprint density at radius 3 is 2.69 bits per heavy atom. The lowest BCUT2D eigenvalue weighted by atomic mass is 9.94. The van der Waals surface area contributed by atoms with Crippen molar-refractivity contribution >= 4 is 0 Å². The van der Waals surface area contributed by atoms with Crippen LogP contribution in [0.3, 0.4) is 0 Å². The molecular weight excluding hydrogens is 202 g/mol. The molecule has 1 N–H and O–H groups in total. The topological polar surface area (TPSA) is 55.6 Å². The summed E-state index contributed by atoms with van der Waals surface area (Å²) >= 11 is 0. The van der Waals surface area contributed by atoms with Gasteiger partial charge in [0.25, 0.3) is 0 Å². The van der Waals surface area contributed by atoms with Crippen molar-refractivity contribution in [1.29, 1.82) is 0 Å². The first-order valence-electron chi connectivity index (χ1n) is 6.37. The Hall–Kier alpha value is -0.970. The van der Waals surface area contributed by atoms with Gasteiger partial charge in [0.2, 0.25) is 0 Å². The molecule has 0 unspecified atom stereocenters. The highest BCUT2D eigenvalue weighted by Crippen LogP contribution is 2.30. The van der Waals surface area contributed by atoms with E-state index in [2.05, 4.69) is 20.8 Å². The van der Waals surface area contributed by atoms with Gasteiger partial charge in [0.15, 0.2) is 5.82 Å². The zero-order valence-electron chi connectivity index (χ0n) is 9.60. The molecule has 2 fully saturated rings. The van der Waals surface area contributed by atoms with Crippen LogP contribution in [0.25, 0.3) is 0 Å². The van der Waals surface area contributed by atoms with E-state index in [9.17, 15) is 0 Å². The van der Waals surface area contributed by atoms with E-state index >= 15 is 0 Å². The maximum atomic E-state index is 4.17. The van der Waals surface area contributed by atoms with Crippen LogP contribution in [0.1, 0.15) is 31.5 Å². The summed E-state index contributed by atoms with van der Waals surface area (Å²) in [6, 6.07) is 0. The minimum absolute atomic E-state index is 0.769. The van der Waals surface area contributed by atoms with Crippen LogP contribution >= 0.6 is 0 Å². The molecule has 1 aliphatic heterocycles. The molecule has 1 saturated heterocycles. The molecule has 2 heterocycles. The van der Waals surface area contributed by atoms with Crippen molar-refractivity contribution in [3.8, 4) is 0 Å². The van der Waals surface area contributed by atoms with Crippen molar-refractivity contribution in [3.63, 3.8) is 0 Å². The molecule has 1 aliphatic carbocycles. The number of tetrazole rings is 1. The highest BCUT2D eigenvalue weighted by atomic mass is 15.5. The first kappa shape index (κ1) is 10.2. The minimum atomic E-state index is 0.769. The van der Waals surface area contributed by atoms with Crippen LogP contribution in [0.15, 0.2) is 0 Å². The molecule has 1 aromatic rings. The van der Waals surface area contributed by atoms with E-state index in [1.807, 2.05) is 4.68 Å². The van der Waals surface area contributed by atoms with Crippen LogP contribution in [0.5, 0.6) is 0 Å². The van der Waals surface area contributed by atoms with Crippen molar-refractivity contribution in [3.05, 3.63) is 5.82 Å². The normalized spacial score (nSPS) is 22.5. The fourth-order valence-corrected chi connectivity index (χ4v) is 2.40. The predicted molar refractivity (Wildman–Crippen MR) is 59.8 cm³/mol. The molecule has 5 nitrogen and oxygen atoms in total. The van der Waals surface area contributed by atoms with Gasteiger partial charge < -0.3 is 5.32 Å². The third-order valence-electron chi connectivity index (χ3n) is 3.66. The highest BCUT2D eigenvalue weighted by molar-refractivity contribution is 4.88. The summed E-state index contributed by atoms with van der Waals surface area (Å²) in [6.07, 6.45) is 6.28. The van der Waals surface area contributed by atoms with Gasteiger partial charge in [-0.25, -0.2) is 4.68 Å². The number of rotatable bonds is 4. The van der Waals surface area contributed by atoms with Gasteiger partial charge in [-0.2, -0.15) is 0 Å². The van der Waals surface area contributed by atoms with Crippen molar-refractivity contribution in [2.75, 3.05) is 13.1 Å². The summed E-state index contributed by atoms with van der Waals surface area (Å²) in [5, 5.41) is 15.5. The maximum Gasteiger partial charge on any atom is 0.151 e. The molecular formula is C11H19N5. The Kier molecular flexibility index (Phi) is 2.86. The summed E-state index contributed by atoms with van der Waals surface area (Å²) in [5.74, 6) is 2.71. The fourth-order valence-electron chi connectivity index (χ4n) is 2.40. The molecule has 16 heavy (non-hydrogen) atoms. The monoisotopic (exact) mass is 221 g/mol. The second-order valence-corrected chi connectivity index (χ2v) is 5.12. The minimum Gasteiger partial charge on any atom is -0.317 e. The Labute approximate surface area is 95.6 Å². The van der Waals surface area contributed by atoms with E-state index < -0.39 is 0 Å². The summed E-state index contributed by atoms with van der Waals surface area (Å²) in [5.41, 5.74) is 0. The number of piperidine rings is 1. The van der Waals surface area contributed by atoms with Gasteiger partial charge in [0, 0.05) is 13.0 Å². The van der Waals surface area contributed by atoms with Gasteiger partial charge in [-0.3, -0.25) is 0 Å². The van der Waals surface area contributed by atoms with Crippen molar-refractivity contribution < 1.29 is 0 Å². The molecule has 3 rings (SSSR count). The first-order chi connectivity index (χ1) is 7.92. The van der Waals surface area contributed by atoms with Gasteiger partial charge in [-0.1, -0.05) is 0 Å². The maximum absolute atomic E-state index is 4.17. The molecule has 0 amide bonds. The molecule has 0 spiro atoms. The van der Waals surface area contributed by atoms with E-state index in [0.717, 1.165) is 43.7 Å². The van der Waals surface area contributed by atoms with Crippen LogP contribution in [-0.4, -0.2) is 33.3 Å². The molecule has 0 atom stereocenters. The zero-order chi connectivity index (χ0) is 10.8. The van der Waals surface area contributed by atoms with Gasteiger partial charge in [0.1, 0.15) is 0 Å². The molecule has 0 radical (unpaired) electrons. The van der Waals surface area contributed by atoms with E-state index in [0.29, 0.717) is 0 Å². The van der Waals surface area contributed by atoms with Gasteiger partial charge >= 0.3 is 0 Å². The third-order valence-corrected chi connectivity index (χ3v) is 3.66. The lowest BCUT2D eigenvalue weighted by Gasteiger charge is -2.21. The summed E-state index contributed by atoms with van der Waals surface area (Å²) in [7, 11) is 0. The largest absolute Gasteiger partial charge is 0.317 e. The van der Waals surface area contributed by atoms with Gasteiger partial charge in [-0.05, 0) is 61.0 Å².